The fourth-order valence-corrected chi connectivity index (χ4v) is 1.31. The van der Waals surface area contributed by atoms with Gasteiger partial charge in [0.1, 0.15) is 6.73 Å². The van der Waals surface area contributed by atoms with Gasteiger partial charge in [-0.1, -0.05) is 0 Å². The number of carbonyl (C=O) groups is 1. The molecule has 1 heterocycles. The summed E-state index contributed by atoms with van der Waals surface area (Å²) in [6.07, 6.45) is 0. The second-order valence-corrected chi connectivity index (χ2v) is 2.85. The Hall–Kier alpha value is -1.55. The zero-order chi connectivity index (χ0) is 9.26. The molecule has 0 aromatic heterocycles. The number of carboxylic acid groups (broad SMARTS) is 1. The molecule has 0 amide bonds. The minimum Gasteiger partial charge on any atom is -0.478 e. The van der Waals surface area contributed by atoms with Crippen LogP contribution in [-0.2, 0) is 11.3 Å². The van der Waals surface area contributed by atoms with Gasteiger partial charge in [0, 0.05) is 11.3 Å². The summed E-state index contributed by atoms with van der Waals surface area (Å²) in [6, 6.07) is 4.98. The van der Waals surface area contributed by atoms with Crippen molar-refractivity contribution in [2.24, 2.45) is 0 Å². The van der Waals surface area contributed by atoms with Crippen LogP contribution in [0.2, 0.25) is 0 Å². The van der Waals surface area contributed by atoms with Crippen molar-refractivity contribution in [1.29, 1.82) is 0 Å². The van der Waals surface area contributed by atoms with Gasteiger partial charge in [0.15, 0.2) is 0 Å². The summed E-state index contributed by atoms with van der Waals surface area (Å²) in [4.78, 5) is 10.6. The summed E-state index contributed by atoms with van der Waals surface area (Å²) < 4.78 is 5.13. The lowest BCUT2D eigenvalue weighted by atomic mass is 10.1. The van der Waals surface area contributed by atoms with Crippen molar-refractivity contribution in [2.45, 2.75) is 6.61 Å². The van der Waals surface area contributed by atoms with E-state index >= 15 is 0 Å². The van der Waals surface area contributed by atoms with Crippen molar-refractivity contribution >= 4 is 11.7 Å². The molecule has 2 N–H and O–H groups in total. The van der Waals surface area contributed by atoms with Gasteiger partial charge >= 0.3 is 5.97 Å². The molecule has 4 nitrogen and oxygen atoms in total. The molecule has 0 aliphatic carbocycles. The van der Waals surface area contributed by atoms with E-state index in [4.69, 9.17) is 9.84 Å². The molecule has 2 rings (SSSR count). The van der Waals surface area contributed by atoms with Gasteiger partial charge in [-0.3, -0.25) is 0 Å². The Balaban J connectivity index is 2.40. The lowest BCUT2D eigenvalue weighted by molar-refractivity contribution is 0.0696. The Morgan fingerprint density at radius 2 is 2.38 bits per heavy atom. The van der Waals surface area contributed by atoms with Crippen LogP contribution in [0.25, 0.3) is 0 Å². The fourth-order valence-electron chi connectivity index (χ4n) is 1.31. The quantitative estimate of drug-likeness (QED) is 0.681. The second-order valence-electron chi connectivity index (χ2n) is 2.85. The average molecular weight is 179 g/mol. The molecule has 1 aromatic carbocycles. The topological polar surface area (TPSA) is 58.6 Å². The van der Waals surface area contributed by atoms with Crippen LogP contribution in [0.5, 0.6) is 0 Å². The number of fused-ring (bicyclic) bond motifs is 1. The molecular formula is C9H9NO3. The van der Waals surface area contributed by atoms with E-state index in [9.17, 15) is 4.79 Å². The maximum absolute atomic E-state index is 10.6. The van der Waals surface area contributed by atoms with E-state index in [2.05, 4.69) is 5.32 Å². The van der Waals surface area contributed by atoms with Gasteiger partial charge in [-0.15, -0.1) is 0 Å². The SMILES string of the molecule is O=C(O)c1ccc2c(c1)COCN2. The normalized spacial score (nSPS) is 14.5. The Kier molecular flexibility index (Phi) is 1.90. The van der Waals surface area contributed by atoms with Crippen LogP contribution >= 0.6 is 0 Å². The lowest BCUT2D eigenvalue weighted by Gasteiger charge is -2.18. The molecule has 1 aromatic rings. The van der Waals surface area contributed by atoms with Crippen molar-refractivity contribution in [3.05, 3.63) is 29.3 Å². The van der Waals surface area contributed by atoms with Gasteiger partial charge in [0.25, 0.3) is 0 Å². The summed E-state index contributed by atoms with van der Waals surface area (Å²) in [5, 5.41) is 11.7. The van der Waals surface area contributed by atoms with Crippen LogP contribution in [0.1, 0.15) is 15.9 Å². The Labute approximate surface area is 75.1 Å². The molecule has 68 valence electrons. The third-order valence-corrected chi connectivity index (χ3v) is 1.97. The third kappa shape index (κ3) is 1.48. The first kappa shape index (κ1) is 8.07. The number of hydrogen-bond acceptors (Lipinski definition) is 3. The first-order valence-corrected chi connectivity index (χ1v) is 3.95. The van der Waals surface area contributed by atoms with Crippen LogP contribution < -0.4 is 5.32 Å². The predicted molar refractivity (Wildman–Crippen MR) is 46.7 cm³/mol. The molecule has 13 heavy (non-hydrogen) atoms. The van der Waals surface area contributed by atoms with Crippen molar-refractivity contribution in [3.63, 3.8) is 0 Å². The van der Waals surface area contributed by atoms with Gasteiger partial charge in [0.2, 0.25) is 0 Å². The number of nitrogens with one attached hydrogen (secondary N) is 1. The zero-order valence-corrected chi connectivity index (χ0v) is 6.91. The fraction of sp³-hybridized carbons (Fsp3) is 0.222. The summed E-state index contributed by atoms with van der Waals surface area (Å²) in [6.45, 7) is 0.961. The second kappa shape index (κ2) is 3.06. The van der Waals surface area contributed by atoms with Crippen molar-refractivity contribution in [2.75, 3.05) is 12.0 Å². The Morgan fingerprint density at radius 1 is 1.54 bits per heavy atom. The predicted octanol–water partition coefficient (Wildman–Crippen LogP) is 1.28. The van der Waals surface area contributed by atoms with Crippen molar-refractivity contribution < 1.29 is 14.6 Å². The highest BCUT2D eigenvalue weighted by Gasteiger charge is 2.11. The van der Waals surface area contributed by atoms with Crippen LogP contribution in [0.15, 0.2) is 18.2 Å². The maximum Gasteiger partial charge on any atom is 0.335 e. The highest BCUT2D eigenvalue weighted by molar-refractivity contribution is 5.88. The van der Waals surface area contributed by atoms with Crippen LogP contribution in [-0.4, -0.2) is 17.8 Å². The molecule has 0 fully saturated rings. The Bertz CT molecular complexity index is 349. The van der Waals surface area contributed by atoms with E-state index in [-0.39, 0.29) is 0 Å². The summed E-state index contributed by atoms with van der Waals surface area (Å²) in [5.41, 5.74) is 2.15. The first-order chi connectivity index (χ1) is 6.27. The molecule has 0 saturated heterocycles. The molecule has 0 spiro atoms. The molecular weight excluding hydrogens is 170 g/mol. The van der Waals surface area contributed by atoms with Crippen molar-refractivity contribution in [1.82, 2.24) is 0 Å². The minimum atomic E-state index is -0.909. The third-order valence-electron chi connectivity index (χ3n) is 1.97. The van der Waals surface area contributed by atoms with E-state index < -0.39 is 5.97 Å². The summed E-state index contributed by atoms with van der Waals surface area (Å²) in [7, 11) is 0. The number of rotatable bonds is 1. The molecule has 1 aliphatic heterocycles. The average Bonchev–Trinajstić information content (AvgIpc) is 2.17. The van der Waals surface area contributed by atoms with E-state index in [1.807, 2.05) is 0 Å². The number of carboxylic acids is 1. The van der Waals surface area contributed by atoms with E-state index in [0.29, 0.717) is 18.9 Å². The highest BCUT2D eigenvalue weighted by atomic mass is 16.5. The van der Waals surface area contributed by atoms with Crippen molar-refractivity contribution in [3.8, 4) is 0 Å². The van der Waals surface area contributed by atoms with Gasteiger partial charge in [-0.25, -0.2) is 4.79 Å². The number of ether oxygens (including phenoxy) is 1. The molecule has 0 unspecified atom stereocenters. The number of anilines is 1. The van der Waals surface area contributed by atoms with Gasteiger partial charge in [-0.05, 0) is 18.2 Å². The molecule has 0 radical (unpaired) electrons. The molecule has 1 aliphatic rings. The van der Waals surface area contributed by atoms with E-state index in [0.717, 1.165) is 11.3 Å². The first-order valence-electron chi connectivity index (χ1n) is 3.95. The molecule has 0 atom stereocenters. The molecule has 0 bridgehead atoms. The van der Waals surface area contributed by atoms with Crippen LogP contribution in [0.4, 0.5) is 5.69 Å². The smallest absolute Gasteiger partial charge is 0.335 e. The van der Waals surface area contributed by atoms with E-state index in [1.54, 1.807) is 18.2 Å². The van der Waals surface area contributed by atoms with Gasteiger partial charge < -0.3 is 15.2 Å². The van der Waals surface area contributed by atoms with E-state index in [1.165, 1.54) is 0 Å². The summed E-state index contributed by atoms with van der Waals surface area (Å²) in [5.74, 6) is -0.909. The molecule has 4 heteroatoms. The minimum absolute atomic E-state index is 0.297. The highest BCUT2D eigenvalue weighted by Crippen LogP contribution is 2.21. The number of hydrogen-bond donors (Lipinski definition) is 2. The monoisotopic (exact) mass is 179 g/mol. The zero-order valence-electron chi connectivity index (χ0n) is 6.91. The standard InChI is InChI=1S/C9H9NO3/c11-9(12)6-1-2-8-7(3-6)4-13-5-10-8/h1-3,10H,4-5H2,(H,11,12). The lowest BCUT2D eigenvalue weighted by Crippen LogP contribution is -2.14. The summed E-state index contributed by atoms with van der Waals surface area (Å²) >= 11 is 0. The van der Waals surface area contributed by atoms with Gasteiger partial charge in [-0.2, -0.15) is 0 Å². The number of aromatic carboxylic acids is 1. The Morgan fingerprint density at radius 3 is 3.15 bits per heavy atom. The van der Waals surface area contributed by atoms with Crippen LogP contribution in [0.3, 0.4) is 0 Å². The largest absolute Gasteiger partial charge is 0.478 e. The maximum atomic E-state index is 10.6. The van der Waals surface area contributed by atoms with Gasteiger partial charge in [0.05, 0.1) is 12.2 Å². The molecule has 0 saturated carbocycles. The number of benzene rings is 1. The van der Waals surface area contributed by atoms with Crippen LogP contribution in [0, 0.1) is 0 Å².